The molecule has 1 heterocycles. The Kier molecular flexibility index (Phi) is 6.14. The minimum Gasteiger partial charge on any atom is -0.356 e. The third-order valence-corrected chi connectivity index (χ3v) is 2.95. The van der Waals surface area contributed by atoms with Gasteiger partial charge in [-0.15, -0.1) is 0 Å². The number of amides is 1. The lowest BCUT2D eigenvalue weighted by molar-refractivity contribution is -0.124. The molecule has 1 unspecified atom stereocenters. The van der Waals surface area contributed by atoms with Crippen molar-refractivity contribution in [3.63, 3.8) is 0 Å². The molecule has 0 aromatic carbocycles. The van der Waals surface area contributed by atoms with Crippen LogP contribution >= 0.6 is 0 Å². The second-order valence-electron chi connectivity index (χ2n) is 4.46. The summed E-state index contributed by atoms with van der Waals surface area (Å²) in [5, 5.41) is 3.00. The summed E-state index contributed by atoms with van der Waals surface area (Å²) in [6.45, 7) is 2.85. The standard InChI is InChI=1S/C13H23NO/c1-12-10-8-6-4-2-3-5-7-9-11-14-13(12)15/h6,8,12H,2-5,7,9-11H2,1H3,(H,14,15)/b8-6+. The maximum absolute atomic E-state index is 11.6. The Labute approximate surface area is 93.1 Å². The summed E-state index contributed by atoms with van der Waals surface area (Å²) in [5.74, 6) is 0.334. The van der Waals surface area contributed by atoms with Gasteiger partial charge in [0.1, 0.15) is 0 Å². The Morgan fingerprint density at radius 2 is 1.87 bits per heavy atom. The number of carbonyl (C=O) groups excluding carboxylic acids is 1. The van der Waals surface area contributed by atoms with E-state index in [-0.39, 0.29) is 11.8 Å². The summed E-state index contributed by atoms with van der Waals surface area (Å²) < 4.78 is 0. The Hall–Kier alpha value is -0.790. The van der Waals surface area contributed by atoms with E-state index in [1.807, 2.05) is 6.92 Å². The van der Waals surface area contributed by atoms with Crippen molar-refractivity contribution in [2.45, 2.75) is 51.9 Å². The molecule has 1 atom stereocenters. The molecule has 1 aliphatic heterocycles. The van der Waals surface area contributed by atoms with Crippen LogP contribution in [0.5, 0.6) is 0 Å². The molecule has 0 spiro atoms. The Morgan fingerprint density at radius 1 is 1.13 bits per heavy atom. The van der Waals surface area contributed by atoms with E-state index in [2.05, 4.69) is 17.5 Å². The largest absolute Gasteiger partial charge is 0.356 e. The lowest BCUT2D eigenvalue weighted by Gasteiger charge is -2.09. The van der Waals surface area contributed by atoms with Crippen LogP contribution in [0.4, 0.5) is 0 Å². The van der Waals surface area contributed by atoms with E-state index in [4.69, 9.17) is 0 Å². The van der Waals surface area contributed by atoms with Gasteiger partial charge < -0.3 is 5.32 Å². The highest BCUT2D eigenvalue weighted by molar-refractivity contribution is 5.78. The maximum Gasteiger partial charge on any atom is 0.223 e. The summed E-state index contributed by atoms with van der Waals surface area (Å²) >= 11 is 0. The van der Waals surface area contributed by atoms with Crippen molar-refractivity contribution < 1.29 is 4.79 Å². The van der Waals surface area contributed by atoms with Crippen molar-refractivity contribution in [1.29, 1.82) is 0 Å². The van der Waals surface area contributed by atoms with Crippen LogP contribution in [-0.4, -0.2) is 12.5 Å². The normalized spacial score (nSPS) is 28.1. The fourth-order valence-corrected chi connectivity index (χ4v) is 1.83. The predicted molar refractivity (Wildman–Crippen MR) is 63.6 cm³/mol. The van der Waals surface area contributed by atoms with E-state index >= 15 is 0 Å². The van der Waals surface area contributed by atoms with Crippen LogP contribution in [0.3, 0.4) is 0 Å². The molecule has 1 rings (SSSR count). The van der Waals surface area contributed by atoms with E-state index < -0.39 is 0 Å². The van der Waals surface area contributed by atoms with Crippen LogP contribution in [0.15, 0.2) is 12.2 Å². The zero-order chi connectivity index (χ0) is 10.9. The SMILES string of the molecule is CC1C/C=C/CCCCCCCNC1=O. The lowest BCUT2D eigenvalue weighted by Crippen LogP contribution is -2.29. The third kappa shape index (κ3) is 5.60. The van der Waals surface area contributed by atoms with Crippen LogP contribution in [0.1, 0.15) is 51.9 Å². The maximum atomic E-state index is 11.6. The smallest absolute Gasteiger partial charge is 0.223 e. The second-order valence-corrected chi connectivity index (χ2v) is 4.46. The fraction of sp³-hybridized carbons (Fsp3) is 0.769. The number of allylic oxidation sites excluding steroid dienone is 2. The van der Waals surface area contributed by atoms with Crippen LogP contribution in [-0.2, 0) is 4.79 Å². The van der Waals surface area contributed by atoms with Gasteiger partial charge in [0.25, 0.3) is 0 Å². The first-order chi connectivity index (χ1) is 7.30. The van der Waals surface area contributed by atoms with Crippen LogP contribution in [0.25, 0.3) is 0 Å². The molecule has 0 fully saturated rings. The van der Waals surface area contributed by atoms with Gasteiger partial charge >= 0.3 is 0 Å². The number of nitrogens with one attached hydrogen (secondary N) is 1. The molecular weight excluding hydrogens is 186 g/mol. The molecule has 15 heavy (non-hydrogen) atoms. The fourth-order valence-electron chi connectivity index (χ4n) is 1.83. The summed E-state index contributed by atoms with van der Waals surface area (Å²) in [5.41, 5.74) is 0. The first-order valence-corrected chi connectivity index (χ1v) is 6.23. The monoisotopic (exact) mass is 209 g/mol. The van der Waals surface area contributed by atoms with Gasteiger partial charge in [-0.2, -0.15) is 0 Å². The summed E-state index contributed by atoms with van der Waals surface area (Å²) in [6.07, 6.45) is 12.7. The van der Waals surface area contributed by atoms with Gasteiger partial charge in [0.15, 0.2) is 0 Å². The quantitative estimate of drug-likeness (QED) is 0.610. The molecule has 0 aromatic rings. The average molecular weight is 209 g/mol. The highest BCUT2D eigenvalue weighted by Gasteiger charge is 2.09. The molecule has 0 radical (unpaired) electrons. The predicted octanol–water partition coefficient (Wildman–Crippen LogP) is 3.04. The van der Waals surface area contributed by atoms with Crippen molar-refractivity contribution >= 4 is 5.91 Å². The molecule has 1 N–H and O–H groups in total. The molecular formula is C13H23NO. The van der Waals surface area contributed by atoms with E-state index in [0.29, 0.717) is 0 Å². The van der Waals surface area contributed by atoms with Gasteiger partial charge in [-0.1, -0.05) is 38.3 Å². The zero-order valence-electron chi connectivity index (χ0n) is 9.80. The minimum absolute atomic E-state index is 0.127. The molecule has 0 saturated heterocycles. The first kappa shape index (κ1) is 12.3. The van der Waals surface area contributed by atoms with Gasteiger partial charge in [-0.3, -0.25) is 4.79 Å². The van der Waals surface area contributed by atoms with Crippen molar-refractivity contribution in [2.24, 2.45) is 5.92 Å². The number of carbonyl (C=O) groups is 1. The Balaban J connectivity index is 2.36. The van der Waals surface area contributed by atoms with Gasteiger partial charge in [-0.05, 0) is 25.7 Å². The summed E-state index contributed by atoms with van der Waals surface area (Å²) in [6, 6.07) is 0. The van der Waals surface area contributed by atoms with Crippen molar-refractivity contribution in [3.8, 4) is 0 Å². The van der Waals surface area contributed by atoms with E-state index in [1.54, 1.807) is 0 Å². The van der Waals surface area contributed by atoms with Crippen molar-refractivity contribution in [1.82, 2.24) is 5.32 Å². The third-order valence-electron chi connectivity index (χ3n) is 2.95. The van der Waals surface area contributed by atoms with Gasteiger partial charge in [-0.25, -0.2) is 0 Å². The number of hydrogen-bond donors (Lipinski definition) is 1. The minimum atomic E-state index is 0.127. The molecule has 0 aromatic heterocycles. The lowest BCUT2D eigenvalue weighted by atomic mass is 10.1. The molecule has 2 heteroatoms. The van der Waals surface area contributed by atoms with Gasteiger partial charge in [0.05, 0.1) is 0 Å². The summed E-state index contributed by atoms with van der Waals surface area (Å²) in [4.78, 5) is 11.6. The summed E-state index contributed by atoms with van der Waals surface area (Å²) in [7, 11) is 0. The molecule has 0 bridgehead atoms. The second kappa shape index (κ2) is 7.49. The van der Waals surface area contributed by atoms with Crippen LogP contribution < -0.4 is 5.32 Å². The average Bonchev–Trinajstić information content (AvgIpc) is 2.25. The van der Waals surface area contributed by atoms with Crippen molar-refractivity contribution in [2.75, 3.05) is 6.54 Å². The molecule has 0 aliphatic carbocycles. The van der Waals surface area contributed by atoms with Crippen LogP contribution in [0, 0.1) is 5.92 Å². The van der Waals surface area contributed by atoms with Gasteiger partial charge in [0, 0.05) is 12.5 Å². The van der Waals surface area contributed by atoms with E-state index in [1.165, 1.54) is 32.1 Å². The van der Waals surface area contributed by atoms with Crippen molar-refractivity contribution in [3.05, 3.63) is 12.2 Å². The van der Waals surface area contributed by atoms with Gasteiger partial charge in [0.2, 0.25) is 5.91 Å². The zero-order valence-corrected chi connectivity index (χ0v) is 9.80. The first-order valence-electron chi connectivity index (χ1n) is 6.23. The van der Waals surface area contributed by atoms with E-state index in [9.17, 15) is 4.79 Å². The Morgan fingerprint density at radius 3 is 2.73 bits per heavy atom. The number of hydrogen-bond acceptors (Lipinski definition) is 1. The Bertz CT molecular complexity index is 211. The highest BCUT2D eigenvalue weighted by Crippen LogP contribution is 2.09. The molecule has 86 valence electrons. The topological polar surface area (TPSA) is 29.1 Å². The number of rotatable bonds is 0. The molecule has 2 nitrogen and oxygen atoms in total. The molecule has 1 aliphatic rings. The van der Waals surface area contributed by atoms with E-state index in [0.717, 1.165) is 19.4 Å². The highest BCUT2D eigenvalue weighted by atomic mass is 16.1. The molecule has 1 amide bonds. The van der Waals surface area contributed by atoms with Crippen LogP contribution in [0.2, 0.25) is 0 Å². The molecule has 0 saturated carbocycles.